The maximum atomic E-state index is 11.3. The van der Waals surface area contributed by atoms with Crippen LogP contribution in [0, 0.1) is 0 Å². The third-order valence-electron chi connectivity index (χ3n) is 1.63. The molecule has 0 heterocycles. The summed E-state index contributed by atoms with van der Waals surface area (Å²) in [6.45, 7) is 12.0. The molecule has 1 rings (SSSR count). The van der Waals surface area contributed by atoms with Gasteiger partial charge < -0.3 is 9.47 Å². The predicted octanol–water partition coefficient (Wildman–Crippen LogP) is 3.79. The lowest BCUT2D eigenvalue weighted by Gasteiger charge is -2.04. The molecule has 0 spiro atoms. The maximum Gasteiger partial charge on any atom is 0.338 e. The Morgan fingerprint density at radius 2 is 1.43 bits per heavy atom. The highest BCUT2D eigenvalue weighted by Crippen LogP contribution is 2.00. The molecule has 1 aromatic rings. The standard InChI is InChI=1S/C11H12O4.2C3H6/c1-9(12)14-7-8-15-11(13)10-5-3-2-4-6-10;2*1-3-2/h2-6H,7-8H2,1H3;2*3H,1H2,2H3. The maximum absolute atomic E-state index is 11.3. The minimum absolute atomic E-state index is 0.0767. The fourth-order valence-electron chi connectivity index (χ4n) is 0.977. The quantitative estimate of drug-likeness (QED) is 0.481. The van der Waals surface area contributed by atoms with Crippen LogP contribution in [0.2, 0.25) is 0 Å². The van der Waals surface area contributed by atoms with Gasteiger partial charge in [0.05, 0.1) is 5.56 Å². The van der Waals surface area contributed by atoms with E-state index in [1.807, 2.05) is 19.9 Å². The van der Waals surface area contributed by atoms with Gasteiger partial charge in [-0.3, -0.25) is 4.79 Å². The van der Waals surface area contributed by atoms with Gasteiger partial charge in [-0.2, -0.15) is 0 Å². The number of hydrogen-bond acceptors (Lipinski definition) is 4. The van der Waals surface area contributed by atoms with Crippen molar-refractivity contribution in [2.45, 2.75) is 20.8 Å². The van der Waals surface area contributed by atoms with Crippen LogP contribution in [0.5, 0.6) is 0 Å². The van der Waals surface area contributed by atoms with Crippen molar-refractivity contribution in [1.29, 1.82) is 0 Å². The summed E-state index contributed by atoms with van der Waals surface area (Å²) in [4.78, 5) is 21.7. The van der Waals surface area contributed by atoms with Crippen LogP contribution in [0.1, 0.15) is 31.1 Å². The van der Waals surface area contributed by atoms with E-state index in [1.54, 1.807) is 36.4 Å². The zero-order chi connectivity index (χ0) is 16.5. The van der Waals surface area contributed by atoms with E-state index in [0.29, 0.717) is 5.56 Å². The summed E-state index contributed by atoms with van der Waals surface area (Å²) in [5, 5.41) is 0. The lowest BCUT2D eigenvalue weighted by Crippen LogP contribution is -2.12. The molecular formula is C17H24O4. The highest BCUT2D eigenvalue weighted by Gasteiger charge is 2.05. The second kappa shape index (κ2) is 15.7. The molecule has 0 fully saturated rings. The van der Waals surface area contributed by atoms with Gasteiger partial charge in [0.25, 0.3) is 0 Å². The first-order valence-corrected chi connectivity index (χ1v) is 6.53. The normalized spacial score (nSPS) is 7.95. The Kier molecular flexibility index (Phi) is 15.7. The minimum atomic E-state index is -0.414. The second-order valence-corrected chi connectivity index (χ2v) is 3.66. The molecule has 0 saturated heterocycles. The fourth-order valence-corrected chi connectivity index (χ4v) is 0.977. The average Bonchev–Trinajstić information content (AvgIpc) is 2.46. The molecule has 0 aliphatic rings. The first-order valence-electron chi connectivity index (χ1n) is 6.53. The number of allylic oxidation sites excluding steroid dienone is 2. The van der Waals surface area contributed by atoms with Gasteiger partial charge in [-0.25, -0.2) is 4.79 Å². The minimum Gasteiger partial charge on any atom is -0.462 e. The van der Waals surface area contributed by atoms with Crippen LogP contribution in [-0.2, 0) is 14.3 Å². The molecule has 0 atom stereocenters. The van der Waals surface area contributed by atoms with Gasteiger partial charge in [-0.15, -0.1) is 13.2 Å². The summed E-state index contributed by atoms with van der Waals surface area (Å²) < 4.78 is 9.47. The van der Waals surface area contributed by atoms with Crippen LogP contribution < -0.4 is 0 Å². The highest BCUT2D eigenvalue weighted by atomic mass is 16.6. The zero-order valence-electron chi connectivity index (χ0n) is 13.0. The lowest BCUT2D eigenvalue weighted by atomic mass is 10.2. The molecule has 21 heavy (non-hydrogen) atoms. The van der Waals surface area contributed by atoms with Crippen molar-refractivity contribution in [2.75, 3.05) is 13.2 Å². The molecule has 1 aromatic carbocycles. The summed E-state index contributed by atoms with van der Waals surface area (Å²) in [5.74, 6) is -0.798. The van der Waals surface area contributed by atoms with E-state index >= 15 is 0 Å². The van der Waals surface area contributed by atoms with Crippen LogP contribution in [0.4, 0.5) is 0 Å². The van der Waals surface area contributed by atoms with E-state index < -0.39 is 5.97 Å². The van der Waals surface area contributed by atoms with E-state index in [4.69, 9.17) is 4.74 Å². The Morgan fingerprint density at radius 3 is 1.86 bits per heavy atom. The van der Waals surface area contributed by atoms with Crippen LogP contribution in [0.25, 0.3) is 0 Å². The summed E-state index contributed by atoms with van der Waals surface area (Å²) in [5.41, 5.74) is 0.486. The Morgan fingerprint density at radius 1 is 1.00 bits per heavy atom. The topological polar surface area (TPSA) is 52.6 Å². The van der Waals surface area contributed by atoms with E-state index in [2.05, 4.69) is 17.9 Å². The van der Waals surface area contributed by atoms with Crippen molar-refractivity contribution >= 4 is 11.9 Å². The molecule has 4 nitrogen and oxygen atoms in total. The molecule has 116 valence electrons. The number of esters is 2. The van der Waals surface area contributed by atoms with Gasteiger partial charge in [0.15, 0.2) is 0 Å². The third-order valence-corrected chi connectivity index (χ3v) is 1.63. The Labute approximate surface area is 127 Å². The van der Waals surface area contributed by atoms with Crippen LogP contribution in [0.3, 0.4) is 0 Å². The predicted molar refractivity (Wildman–Crippen MR) is 85.1 cm³/mol. The molecule has 0 aliphatic carbocycles. The van der Waals surface area contributed by atoms with Crippen LogP contribution in [-0.4, -0.2) is 25.2 Å². The fraction of sp³-hybridized carbons (Fsp3) is 0.294. The molecular weight excluding hydrogens is 268 g/mol. The zero-order valence-corrected chi connectivity index (χ0v) is 13.0. The average molecular weight is 292 g/mol. The van der Waals surface area contributed by atoms with Gasteiger partial charge in [0.1, 0.15) is 13.2 Å². The SMILES string of the molecule is C=CC.C=CC.CC(=O)OCCOC(=O)c1ccccc1. The monoisotopic (exact) mass is 292 g/mol. The molecule has 0 unspecified atom stereocenters. The van der Waals surface area contributed by atoms with Crippen LogP contribution in [0.15, 0.2) is 55.6 Å². The van der Waals surface area contributed by atoms with E-state index in [9.17, 15) is 9.59 Å². The summed E-state index contributed by atoms with van der Waals surface area (Å²) in [7, 11) is 0. The Hall–Kier alpha value is -2.36. The molecule has 0 saturated carbocycles. The molecule has 0 N–H and O–H groups in total. The smallest absolute Gasteiger partial charge is 0.338 e. The molecule has 0 radical (unpaired) electrons. The first kappa shape index (κ1) is 20.9. The lowest BCUT2D eigenvalue weighted by molar-refractivity contribution is -0.142. The number of carbonyl (C=O) groups is 2. The molecule has 0 aromatic heterocycles. The number of ether oxygens (including phenoxy) is 2. The summed E-state index contributed by atoms with van der Waals surface area (Å²) in [6.07, 6.45) is 3.50. The van der Waals surface area contributed by atoms with Crippen molar-refractivity contribution in [1.82, 2.24) is 0 Å². The number of hydrogen-bond donors (Lipinski definition) is 0. The number of carbonyl (C=O) groups excluding carboxylic acids is 2. The third kappa shape index (κ3) is 15.6. The number of rotatable bonds is 4. The highest BCUT2D eigenvalue weighted by molar-refractivity contribution is 5.89. The van der Waals surface area contributed by atoms with Gasteiger partial charge in [0.2, 0.25) is 0 Å². The molecule has 0 aliphatic heterocycles. The van der Waals surface area contributed by atoms with E-state index in [1.165, 1.54) is 6.92 Å². The van der Waals surface area contributed by atoms with Crippen molar-refractivity contribution in [3.63, 3.8) is 0 Å². The van der Waals surface area contributed by atoms with Crippen molar-refractivity contribution in [3.8, 4) is 0 Å². The van der Waals surface area contributed by atoms with Crippen molar-refractivity contribution in [2.24, 2.45) is 0 Å². The largest absolute Gasteiger partial charge is 0.462 e. The molecule has 0 amide bonds. The van der Waals surface area contributed by atoms with Crippen molar-refractivity contribution in [3.05, 3.63) is 61.2 Å². The van der Waals surface area contributed by atoms with Crippen LogP contribution >= 0.6 is 0 Å². The van der Waals surface area contributed by atoms with E-state index in [0.717, 1.165) is 0 Å². The summed E-state index contributed by atoms with van der Waals surface area (Å²) >= 11 is 0. The second-order valence-electron chi connectivity index (χ2n) is 3.66. The van der Waals surface area contributed by atoms with E-state index in [-0.39, 0.29) is 19.2 Å². The Bertz CT molecular complexity index is 404. The van der Waals surface area contributed by atoms with Gasteiger partial charge in [-0.1, -0.05) is 30.4 Å². The van der Waals surface area contributed by atoms with Gasteiger partial charge >= 0.3 is 11.9 Å². The Balaban J connectivity index is 0. The molecule has 0 bridgehead atoms. The first-order chi connectivity index (χ1) is 10.0. The number of benzene rings is 1. The summed E-state index contributed by atoms with van der Waals surface area (Å²) in [6, 6.07) is 8.64. The van der Waals surface area contributed by atoms with Crippen molar-refractivity contribution < 1.29 is 19.1 Å². The molecule has 4 heteroatoms. The van der Waals surface area contributed by atoms with Gasteiger partial charge in [-0.05, 0) is 26.0 Å². The van der Waals surface area contributed by atoms with Gasteiger partial charge in [0, 0.05) is 6.92 Å².